The van der Waals surface area contributed by atoms with Gasteiger partial charge in [-0.1, -0.05) is 69.4 Å². The normalized spacial score (nSPS) is 25.4. The zero-order chi connectivity index (χ0) is 20.6. The first-order valence-corrected chi connectivity index (χ1v) is 16.0. The van der Waals surface area contributed by atoms with Crippen molar-refractivity contribution in [2.75, 3.05) is 6.61 Å². The maximum Gasteiger partial charge on any atom is 0.226 e. The molecule has 0 radical (unpaired) electrons. The predicted molar refractivity (Wildman–Crippen MR) is 118 cm³/mol. The molecule has 27 heavy (non-hydrogen) atoms. The van der Waals surface area contributed by atoms with E-state index >= 15 is 0 Å². The van der Waals surface area contributed by atoms with Crippen molar-refractivity contribution in [2.24, 2.45) is 5.92 Å². The number of aliphatic hydroxyl groups is 1. The Hall–Kier alpha value is -0.956. The van der Waals surface area contributed by atoms with Gasteiger partial charge in [-0.3, -0.25) is 4.79 Å². The summed E-state index contributed by atoms with van der Waals surface area (Å²) in [6.45, 7) is 18.0. The second-order valence-electron chi connectivity index (χ2n) is 10.1. The highest BCUT2D eigenvalue weighted by atomic mass is 28.4. The van der Waals surface area contributed by atoms with Crippen molar-refractivity contribution < 1.29 is 14.3 Å². The van der Waals surface area contributed by atoms with E-state index in [9.17, 15) is 9.90 Å². The van der Waals surface area contributed by atoms with Gasteiger partial charge in [0.1, 0.15) is 0 Å². The van der Waals surface area contributed by atoms with Gasteiger partial charge in [0.05, 0.1) is 32.7 Å². The molecule has 1 aromatic rings. The molecule has 152 valence electrons. The standard InChI is InChI=1S/C21H37NO3Si2/c1-15(23)18-19(26(5,6)16-12-10-9-11-13-16)17(22-20(18)24)14-25-27(7,8)21(2,3)4/h9-13,15,17-19,23H,14H2,1-8H3,(H,22,24)/t15-,17-,18+,19-/m1/s1. The Bertz CT molecular complexity index is 653. The molecule has 0 aromatic heterocycles. The molecule has 1 fully saturated rings. The Labute approximate surface area is 166 Å². The van der Waals surface area contributed by atoms with E-state index in [2.05, 4.69) is 76.5 Å². The van der Waals surface area contributed by atoms with Crippen molar-refractivity contribution >= 4 is 27.5 Å². The largest absolute Gasteiger partial charge is 0.415 e. The minimum atomic E-state index is -2.03. The third-order valence-corrected chi connectivity index (χ3v) is 15.5. The van der Waals surface area contributed by atoms with Gasteiger partial charge < -0.3 is 14.8 Å². The highest BCUT2D eigenvalue weighted by molar-refractivity contribution is 6.91. The Morgan fingerprint density at radius 3 is 2.19 bits per heavy atom. The molecule has 0 aliphatic carbocycles. The molecule has 0 unspecified atom stereocenters. The predicted octanol–water partition coefficient (Wildman–Crippen LogP) is 3.49. The van der Waals surface area contributed by atoms with Gasteiger partial charge in [0.15, 0.2) is 8.32 Å². The Morgan fingerprint density at radius 1 is 1.15 bits per heavy atom. The van der Waals surface area contributed by atoms with Crippen molar-refractivity contribution in [1.29, 1.82) is 0 Å². The second kappa shape index (κ2) is 7.81. The van der Waals surface area contributed by atoms with Crippen LogP contribution in [0.15, 0.2) is 30.3 Å². The maximum atomic E-state index is 12.7. The smallest absolute Gasteiger partial charge is 0.226 e. The van der Waals surface area contributed by atoms with Gasteiger partial charge in [-0.15, -0.1) is 0 Å². The summed E-state index contributed by atoms with van der Waals surface area (Å²) in [5, 5.41) is 15.0. The topological polar surface area (TPSA) is 58.6 Å². The van der Waals surface area contributed by atoms with Gasteiger partial charge in [-0.25, -0.2) is 0 Å². The SMILES string of the molecule is C[C@@H](O)[C@@H]1C(=O)N[C@H](CO[Si](C)(C)C(C)(C)C)[C@H]1[Si](C)(C)c1ccccc1. The van der Waals surface area contributed by atoms with Crippen molar-refractivity contribution in [3.05, 3.63) is 30.3 Å². The number of carbonyl (C=O) groups is 1. The van der Waals surface area contributed by atoms with Crippen LogP contribution in [0.25, 0.3) is 0 Å². The molecule has 4 nitrogen and oxygen atoms in total. The Morgan fingerprint density at radius 2 is 1.70 bits per heavy atom. The van der Waals surface area contributed by atoms with E-state index in [0.29, 0.717) is 6.61 Å². The van der Waals surface area contributed by atoms with Gasteiger partial charge in [-0.05, 0) is 30.6 Å². The molecule has 1 aliphatic heterocycles. The Balaban J connectivity index is 2.34. The molecule has 1 aliphatic rings. The van der Waals surface area contributed by atoms with Crippen LogP contribution in [0, 0.1) is 5.92 Å². The summed E-state index contributed by atoms with van der Waals surface area (Å²) in [6.07, 6.45) is -0.664. The number of hydrogen-bond donors (Lipinski definition) is 2. The zero-order valence-corrected chi connectivity index (χ0v) is 20.2. The van der Waals surface area contributed by atoms with Crippen LogP contribution in [0.2, 0.25) is 36.8 Å². The quantitative estimate of drug-likeness (QED) is 0.710. The number of carbonyl (C=O) groups excluding carboxylic acids is 1. The van der Waals surface area contributed by atoms with Crippen LogP contribution in [0.1, 0.15) is 27.7 Å². The van der Waals surface area contributed by atoms with Gasteiger partial charge in [0.2, 0.25) is 5.91 Å². The summed E-state index contributed by atoms with van der Waals surface area (Å²) in [5.74, 6) is -0.407. The third kappa shape index (κ3) is 4.55. The van der Waals surface area contributed by atoms with Crippen LogP contribution >= 0.6 is 0 Å². The summed E-state index contributed by atoms with van der Waals surface area (Å²) in [7, 11) is -3.94. The first-order chi connectivity index (χ1) is 12.3. The summed E-state index contributed by atoms with van der Waals surface area (Å²) >= 11 is 0. The van der Waals surface area contributed by atoms with Crippen LogP contribution in [0.5, 0.6) is 0 Å². The second-order valence-corrected chi connectivity index (χ2v) is 19.6. The number of rotatable bonds is 6. The molecule has 0 spiro atoms. The molecular weight excluding hydrogens is 370 g/mol. The molecule has 4 atom stereocenters. The van der Waals surface area contributed by atoms with Crippen LogP contribution < -0.4 is 10.5 Å². The van der Waals surface area contributed by atoms with Crippen molar-refractivity contribution in [1.82, 2.24) is 5.32 Å². The molecule has 1 heterocycles. The first kappa shape index (κ1) is 22.3. The van der Waals surface area contributed by atoms with Crippen LogP contribution in [-0.2, 0) is 9.22 Å². The van der Waals surface area contributed by atoms with Crippen molar-refractivity contribution in [3.63, 3.8) is 0 Å². The lowest BCUT2D eigenvalue weighted by molar-refractivity contribution is -0.125. The monoisotopic (exact) mass is 407 g/mol. The summed E-state index contributed by atoms with van der Waals surface area (Å²) < 4.78 is 6.48. The molecular formula is C21H37NO3Si2. The fourth-order valence-corrected chi connectivity index (χ4v) is 8.95. The molecule has 0 bridgehead atoms. The average molecular weight is 408 g/mol. The van der Waals surface area contributed by atoms with Gasteiger partial charge in [-0.2, -0.15) is 0 Å². The van der Waals surface area contributed by atoms with E-state index in [1.54, 1.807) is 6.92 Å². The number of benzene rings is 1. The summed E-state index contributed by atoms with van der Waals surface area (Å²) in [5.41, 5.74) is 0.0946. The first-order valence-electron chi connectivity index (χ1n) is 9.97. The highest BCUT2D eigenvalue weighted by Crippen LogP contribution is 2.42. The van der Waals surface area contributed by atoms with E-state index in [-0.39, 0.29) is 28.4 Å². The summed E-state index contributed by atoms with van der Waals surface area (Å²) in [4.78, 5) is 12.7. The fraction of sp³-hybridized carbons (Fsp3) is 0.667. The molecule has 1 aromatic carbocycles. The fourth-order valence-electron chi connectivity index (χ4n) is 3.97. The molecule has 0 saturated carbocycles. The summed E-state index contributed by atoms with van der Waals surface area (Å²) in [6, 6.07) is 10.4. The minimum absolute atomic E-state index is 0.0321. The Kier molecular flexibility index (Phi) is 6.46. The lowest BCUT2D eigenvalue weighted by atomic mass is 9.99. The van der Waals surface area contributed by atoms with E-state index in [4.69, 9.17) is 4.43 Å². The van der Waals surface area contributed by atoms with Gasteiger partial charge in [0, 0.05) is 0 Å². The number of nitrogens with one attached hydrogen (secondary N) is 1. The van der Waals surface area contributed by atoms with Crippen LogP contribution in [0.4, 0.5) is 0 Å². The van der Waals surface area contributed by atoms with Gasteiger partial charge >= 0.3 is 0 Å². The van der Waals surface area contributed by atoms with Crippen molar-refractivity contribution in [2.45, 2.75) is 76.6 Å². The third-order valence-electron chi connectivity index (χ3n) is 6.75. The lowest BCUT2D eigenvalue weighted by Gasteiger charge is -2.40. The molecule has 6 heteroatoms. The van der Waals surface area contributed by atoms with Crippen LogP contribution in [-0.4, -0.2) is 46.2 Å². The van der Waals surface area contributed by atoms with Crippen molar-refractivity contribution in [3.8, 4) is 0 Å². The molecule has 1 saturated heterocycles. The number of hydrogen-bond acceptors (Lipinski definition) is 3. The molecule has 2 rings (SSSR count). The van der Waals surface area contributed by atoms with Gasteiger partial charge in [0.25, 0.3) is 0 Å². The van der Waals surface area contributed by atoms with E-state index < -0.39 is 22.5 Å². The maximum absolute atomic E-state index is 12.7. The van der Waals surface area contributed by atoms with E-state index in [1.807, 2.05) is 6.07 Å². The molecule has 1 amide bonds. The number of aliphatic hydroxyl groups excluding tert-OH is 1. The van der Waals surface area contributed by atoms with Crippen LogP contribution in [0.3, 0.4) is 0 Å². The number of amides is 1. The molecule has 2 N–H and O–H groups in total. The zero-order valence-electron chi connectivity index (χ0n) is 18.2. The highest BCUT2D eigenvalue weighted by Gasteiger charge is 2.53. The average Bonchev–Trinajstić information content (AvgIpc) is 2.90. The lowest BCUT2D eigenvalue weighted by Crippen LogP contribution is -2.54. The van der Waals surface area contributed by atoms with E-state index in [1.165, 1.54) is 5.19 Å². The minimum Gasteiger partial charge on any atom is -0.415 e. The van der Waals surface area contributed by atoms with E-state index in [0.717, 1.165) is 0 Å².